The second-order valence-corrected chi connectivity index (χ2v) is 9.15. The number of anilines is 2. The number of hydrogen-bond acceptors (Lipinski definition) is 6. The first kappa shape index (κ1) is 26.2. The van der Waals surface area contributed by atoms with Gasteiger partial charge >= 0.3 is 5.97 Å². The maximum absolute atomic E-state index is 13.0. The van der Waals surface area contributed by atoms with Crippen LogP contribution in [0.3, 0.4) is 0 Å². The Kier molecular flexibility index (Phi) is 7.59. The largest absolute Gasteiger partial charge is 0.449 e. The van der Waals surface area contributed by atoms with Crippen LogP contribution in [0, 0.1) is 0 Å². The van der Waals surface area contributed by atoms with Crippen molar-refractivity contribution in [1.29, 1.82) is 0 Å². The Morgan fingerprint density at radius 3 is 1.75 bits per heavy atom. The summed E-state index contributed by atoms with van der Waals surface area (Å²) in [5.74, 6) is -1.33. The molecular weight excluding hydrogens is 504 g/mol. The van der Waals surface area contributed by atoms with Gasteiger partial charge in [0.1, 0.15) is 0 Å². The summed E-state index contributed by atoms with van der Waals surface area (Å²) in [6, 6.07) is 31.1. The first-order valence-corrected chi connectivity index (χ1v) is 12.7. The first-order valence-electron chi connectivity index (χ1n) is 12.7. The van der Waals surface area contributed by atoms with Gasteiger partial charge in [0.2, 0.25) is 5.91 Å². The molecule has 0 aliphatic carbocycles. The number of carbonyl (C=O) groups excluding carboxylic acids is 3. The summed E-state index contributed by atoms with van der Waals surface area (Å²) in [7, 11) is 0. The van der Waals surface area contributed by atoms with Crippen LogP contribution >= 0.6 is 0 Å². The van der Waals surface area contributed by atoms with Crippen molar-refractivity contribution in [2.75, 3.05) is 10.6 Å². The van der Waals surface area contributed by atoms with E-state index >= 15 is 0 Å². The average Bonchev–Trinajstić information content (AvgIpc) is 2.97. The molecular formula is C32H26N4O4. The smallest absolute Gasteiger partial charge is 0.338 e. The van der Waals surface area contributed by atoms with Crippen LogP contribution in [0.15, 0.2) is 103 Å². The van der Waals surface area contributed by atoms with Gasteiger partial charge in [0.15, 0.2) is 6.10 Å². The zero-order valence-electron chi connectivity index (χ0n) is 21.9. The second kappa shape index (κ2) is 11.6. The van der Waals surface area contributed by atoms with Crippen molar-refractivity contribution >= 4 is 40.2 Å². The second-order valence-electron chi connectivity index (χ2n) is 9.15. The summed E-state index contributed by atoms with van der Waals surface area (Å²) < 4.78 is 5.45. The Labute approximate surface area is 231 Å². The molecule has 1 unspecified atom stereocenters. The number of rotatable bonds is 7. The van der Waals surface area contributed by atoms with Gasteiger partial charge in [-0.3, -0.25) is 9.59 Å². The predicted octanol–water partition coefficient (Wildman–Crippen LogP) is 6.11. The maximum atomic E-state index is 13.0. The fourth-order valence-electron chi connectivity index (χ4n) is 4.14. The highest BCUT2D eigenvalue weighted by Crippen LogP contribution is 2.31. The van der Waals surface area contributed by atoms with Gasteiger partial charge in [-0.05, 0) is 49.4 Å². The van der Waals surface area contributed by atoms with E-state index in [4.69, 9.17) is 14.7 Å². The number of esters is 1. The lowest BCUT2D eigenvalue weighted by molar-refractivity contribution is -0.123. The molecule has 0 aliphatic rings. The minimum Gasteiger partial charge on any atom is -0.449 e. The lowest BCUT2D eigenvalue weighted by Gasteiger charge is -2.14. The molecule has 0 saturated heterocycles. The molecule has 0 fully saturated rings. The van der Waals surface area contributed by atoms with E-state index in [-0.39, 0.29) is 11.5 Å². The quantitative estimate of drug-likeness (QED) is 0.246. The van der Waals surface area contributed by atoms with Gasteiger partial charge in [-0.2, -0.15) is 0 Å². The standard InChI is InChI=1S/C32H26N4O4/c1-20(31(38)34-26-16-14-25(15-17-26)33-21(2)37)40-32(39)24-13-18-27-28(19-24)36-30(23-11-7-4-8-12-23)29(35-27)22-9-5-3-6-10-22/h3-20H,1-2H3,(H,33,37)(H,34,38). The van der Waals surface area contributed by atoms with Gasteiger partial charge in [-0.1, -0.05) is 60.7 Å². The van der Waals surface area contributed by atoms with E-state index in [0.29, 0.717) is 28.1 Å². The van der Waals surface area contributed by atoms with Crippen molar-refractivity contribution in [3.05, 3.63) is 109 Å². The molecule has 2 N–H and O–H groups in total. The molecule has 4 aromatic carbocycles. The van der Waals surface area contributed by atoms with E-state index in [2.05, 4.69) is 10.6 Å². The summed E-state index contributed by atoms with van der Waals surface area (Å²) in [4.78, 5) is 46.5. The number of amides is 2. The first-order chi connectivity index (χ1) is 19.4. The molecule has 1 atom stereocenters. The van der Waals surface area contributed by atoms with Gasteiger partial charge in [0, 0.05) is 29.4 Å². The van der Waals surface area contributed by atoms with Gasteiger partial charge in [-0.15, -0.1) is 0 Å². The number of aromatic nitrogens is 2. The van der Waals surface area contributed by atoms with Crippen LogP contribution in [0.1, 0.15) is 24.2 Å². The van der Waals surface area contributed by atoms with Crippen LogP contribution in [0.25, 0.3) is 33.5 Å². The number of nitrogens with zero attached hydrogens (tertiary/aromatic N) is 2. The van der Waals surface area contributed by atoms with Crippen LogP contribution in [0.2, 0.25) is 0 Å². The molecule has 2 amide bonds. The molecule has 5 rings (SSSR count). The monoisotopic (exact) mass is 530 g/mol. The number of fused-ring (bicyclic) bond motifs is 1. The van der Waals surface area contributed by atoms with Crippen LogP contribution in [0.4, 0.5) is 11.4 Å². The third-order valence-corrected chi connectivity index (χ3v) is 6.12. The van der Waals surface area contributed by atoms with Crippen molar-refractivity contribution in [1.82, 2.24) is 9.97 Å². The van der Waals surface area contributed by atoms with E-state index in [1.54, 1.807) is 42.5 Å². The number of benzene rings is 4. The highest BCUT2D eigenvalue weighted by atomic mass is 16.5. The molecule has 198 valence electrons. The molecule has 8 nitrogen and oxygen atoms in total. The fourth-order valence-corrected chi connectivity index (χ4v) is 4.14. The molecule has 1 aromatic heterocycles. The summed E-state index contributed by atoms with van der Waals surface area (Å²) in [6.07, 6.45) is -1.05. The third-order valence-electron chi connectivity index (χ3n) is 6.12. The van der Waals surface area contributed by atoms with Gasteiger partial charge in [0.05, 0.1) is 28.0 Å². The van der Waals surface area contributed by atoms with E-state index in [0.717, 1.165) is 16.8 Å². The molecule has 0 aliphatic heterocycles. The predicted molar refractivity (Wildman–Crippen MR) is 155 cm³/mol. The highest BCUT2D eigenvalue weighted by Gasteiger charge is 2.20. The Bertz CT molecular complexity index is 1690. The van der Waals surface area contributed by atoms with Gasteiger partial charge in [-0.25, -0.2) is 14.8 Å². The average molecular weight is 531 g/mol. The van der Waals surface area contributed by atoms with E-state index in [1.807, 2.05) is 60.7 Å². The molecule has 5 aromatic rings. The van der Waals surface area contributed by atoms with E-state index in [1.165, 1.54) is 13.8 Å². The Morgan fingerprint density at radius 1 is 0.675 bits per heavy atom. The molecule has 0 saturated carbocycles. The maximum Gasteiger partial charge on any atom is 0.338 e. The van der Waals surface area contributed by atoms with Crippen molar-refractivity contribution in [3.8, 4) is 22.5 Å². The molecule has 0 radical (unpaired) electrons. The lowest BCUT2D eigenvalue weighted by atomic mass is 10.0. The summed E-state index contributed by atoms with van der Waals surface area (Å²) >= 11 is 0. The van der Waals surface area contributed by atoms with Crippen LogP contribution in [0.5, 0.6) is 0 Å². The minimum atomic E-state index is -1.05. The van der Waals surface area contributed by atoms with Crippen LogP contribution in [-0.2, 0) is 14.3 Å². The molecule has 1 heterocycles. The highest BCUT2D eigenvalue weighted by molar-refractivity contribution is 5.99. The van der Waals surface area contributed by atoms with Gasteiger partial charge in [0.25, 0.3) is 5.91 Å². The SMILES string of the molecule is CC(=O)Nc1ccc(NC(=O)C(C)OC(=O)c2ccc3nc(-c4ccccc4)c(-c4ccccc4)nc3c2)cc1. The topological polar surface area (TPSA) is 110 Å². The normalized spacial score (nSPS) is 11.4. The number of carbonyl (C=O) groups is 3. The molecule has 0 spiro atoms. The molecule has 0 bridgehead atoms. The fraction of sp³-hybridized carbons (Fsp3) is 0.0938. The summed E-state index contributed by atoms with van der Waals surface area (Å²) in [5, 5.41) is 5.36. The number of nitrogens with one attached hydrogen (secondary N) is 2. The summed E-state index contributed by atoms with van der Waals surface area (Å²) in [5.41, 5.74) is 5.80. The van der Waals surface area contributed by atoms with Crippen molar-refractivity contribution in [3.63, 3.8) is 0 Å². The number of ether oxygens (including phenoxy) is 1. The zero-order valence-corrected chi connectivity index (χ0v) is 21.9. The zero-order chi connectivity index (χ0) is 28.1. The Balaban J connectivity index is 1.36. The van der Waals surface area contributed by atoms with Crippen LogP contribution in [-0.4, -0.2) is 33.9 Å². The van der Waals surface area contributed by atoms with E-state index in [9.17, 15) is 14.4 Å². The number of hydrogen-bond donors (Lipinski definition) is 2. The van der Waals surface area contributed by atoms with Crippen molar-refractivity contribution in [2.45, 2.75) is 20.0 Å². The van der Waals surface area contributed by atoms with E-state index < -0.39 is 18.0 Å². The third kappa shape index (κ3) is 6.02. The Hall–Kier alpha value is -5.37. The molecule has 8 heteroatoms. The molecule has 40 heavy (non-hydrogen) atoms. The van der Waals surface area contributed by atoms with Gasteiger partial charge < -0.3 is 15.4 Å². The van der Waals surface area contributed by atoms with Crippen LogP contribution < -0.4 is 10.6 Å². The summed E-state index contributed by atoms with van der Waals surface area (Å²) in [6.45, 7) is 2.91. The minimum absolute atomic E-state index is 0.190. The van der Waals surface area contributed by atoms with Crippen molar-refractivity contribution < 1.29 is 19.1 Å². The lowest BCUT2D eigenvalue weighted by Crippen LogP contribution is -2.30. The Morgan fingerprint density at radius 2 is 1.20 bits per heavy atom. The van der Waals surface area contributed by atoms with Crippen molar-refractivity contribution in [2.24, 2.45) is 0 Å².